The number of hydrogen-bond acceptors (Lipinski definition) is 5. The monoisotopic (exact) mass is 324 g/mol. The van der Waals surface area contributed by atoms with Crippen molar-refractivity contribution in [2.45, 2.75) is 26.7 Å². The largest absolute Gasteiger partial charge is 0.496 e. The van der Waals surface area contributed by atoms with E-state index in [0.29, 0.717) is 12.8 Å². The lowest BCUT2D eigenvalue weighted by molar-refractivity contribution is -0.384. The van der Waals surface area contributed by atoms with Gasteiger partial charge < -0.3 is 15.2 Å². The Morgan fingerprint density at radius 1 is 1.35 bits per heavy atom. The Kier molecular flexibility index (Phi) is 6.06. The third-order valence-corrected chi connectivity index (χ3v) is 4.03. The van der Waals surface area contributed by atoms with Gasteiger partial charge in [0.2, 0.25) is 0 Å². The second-order valence-corrected chi connectivity index (χ2v) is 5.12. The van der Waals surface area contributed by atoms with Crippen molar-refractivity contribution >= 4 is 17.6 Å². The van der Waals surface area contributed by atoms with E-state index in [2.05, 4.69) is 5.32 Å². The van der Waals surface area contributed by atoms with Crippen molar-refractivity contribution < 1.29 is 24.4 Å². The minimum atomic E-state index is -1.07. The number of carbonyl (C=O) groups is 2. The molecule has 0 fully saturated rings. The molecule has 0 heterocycles. The van der Waals surface area contributed by atoms with Crippen LogP contribution in [0.3, 0.4) is 0 Å². The molecule has 0 radical (unpaired) electrons. The van der Waals surface area contributed by atoms with Gasteiger partial charge in [-0.15, -0.1) is 0 Å². The summed E-state index contributed by atoms with van der Waals surface area (Å²) in [5.74, 6) is -1.42. The molecule has 0 aliphatic rings. The second-order valence-electron chi connectivity index (χ2n) is 5.12. The summed E-state index contributed by atoms with van der Waals surface area (Å²) in [5.41, 5.74) is -1.32. The van der Waals surface area contributed by atoms with Crippen molar-refractivity contribution in [3.63, 3.8) is 0 Å². The van der Waals surface area contributed by atoms with Gasteiger partial charge in [0.15, 0.2) is 0 Å². The number of nitrogens with zero attached hydrogens (tertiary/aromatic N) is 1. The van der Waals surface area contributed by atoms with Crippen molar-refractivity contribution in [1.82, 2.24) is 5.32 Å². The maximum Gasteiger partial charge on any atom is 0.311 e. The van der Waals surface area contributed by atoms with Crippen LogP contribution in [0.15, 0.2) is 18.2 Å². The molecule has 0 spiro atoms. The molecular weight excluding hydrogens is 304 g/mol. The van der Waals surface area contributed by atoms with Crippen LogP contribution < -0.4 is 10.1 Å². The van der Waals surface area contributed by atoms with Crippen molar-refractivity contribution in [3.05, 3.63) is 33.9 Å². The molecule has 0 saturated heterocycles. The number of carbonyl (C=O) groups excluding carboxylic acids is 1. The van der Waals surface area contributed by atoms with Crippen LogP contribution >= 0.6 is 0 Å². The first-order chi connectivity index (χ1) is 10.8. The third-order valence-electron chi connectivity index (χ3n) is 4.03. The lowest BCUT2D eigenvalue weighted by Crippen LogP contribution is -2.42. The highest BCUT2D eigenvalue weighted by atomic mass is 16.6. The lowest BCUT2D eigenvalue weighted by atomic mass is 9.82. The number of benzene rings is 1. The molecule has 1 aromatic rings. The van der Waals surface area contributed by atoms with Crippen molar-refractivity contribution in [3.8, 4) is 5.75 Å². The quantitative estimate of drug-likeness (QED) is 0.559. The molecule has 0 unspecified atom stereocenters. The van der Waals surface area contributed by atoms with E-state index >= 15 is 0 Å². The van der Waals surface area contributed by atoms with Gasteiger partial charge >= 0.3 is 5.97 Å². The lowest BCUT2D eigenvalue weighted by Gasteiger charge is -2.26. The zero-order valence-corrected chi connectivity index (χ0v) is 13.3. The minimum Gasteiger partial charge on any atom is -0.496 e. The first kappa shape index (κ1) is 18.4. The highest BCUT2D eigenvalue weighted by molar-refractivity contribution is 5.97. The number of amides is 1. The second kappa shape index (κ2) is 7.57. The Bertz CT molecular complexity index is 610. The number of nitro benzene ring substituents is 1. The van der Waals surface area contributed by atoms with Crippen LogP contribution in [0.4, 0.5) is 5.69 Å². The molecule has 8 heteroatoms. The van der Waals surface area contributed by atoms with Gasteiger partial charge in [-0.1, -0.05) is 13.8 Å². The topological polar surface area (TPSA) is 119 Å². The highest BCUT2D eigenvalue weighted by Gasteiger charge is 2.35. The van der Waals surface area contributed by atoms with E-state index in [1.807, 2.05) is 0 Å². The van der Waals surface area contributed by atoms with Gasteiger partial charge in [-0.25, -0.2) is 0 Å². The molecule has 1 rings (SSSR count). The first-order valence-corrected chi connectivity index (χ1v) is 7.15. The standard InChI is InChI=1S/C15H20N2O6/c1-4-15(5-2,14(19)20)9-16-13(18)11-8-10(17(21)22)6-7-12(11)23-3/h6-8H,4-5,9H2,1-3H3,(H,16,18)(H,19,20). The van der Waals surface area contributed by atoms with Crippen LogP contribution in [0.5, 0.6) is 5.75 Å². The van der Waals surface area contributed by atoms with E-state index in [4.69, 9.17) is 4.74 Å². The molecule has 0 atom stereocenters. The van der Waals surface area contributed by atoms with Gasteiger partial charge in [-0.2, -0.15) is 0 Å². The van der Waals surface area contributed by atoms with Gasteiger partial charge in [0, 0.05) is 18.7 Å². The maximum absolute atomic E-state index is 12.3. The van der Waals surface area contributed by atoms with Crippen molar-refractivity contribution in [2.75, 3.05) is 13.7 Å². The summed E-state index contributed by atoms with van der Waals surface area (Å²) in [5, 5.41) is 22.7. The molecule has 23 heavy (non-hydrogen) atoms. The summed E-state index contributed by atoms with van der Waals surface area (Å²) in [4.78, 5) is 33.9. The number of ether oxygens (including phenoxy) is 1. The maximum atomic E-state index is 12.3. The van der Waals surface area contributed by atoms with Gasteiger partial charge in [0.1, 0.15) is 5.75 Å². The Balaban J connectivity index is 3.03. The van der Waals surface area contributed by atoms with Crippen molar-refractivity contribution in [1.29, 1.82) is 0 Å². The summed E-state index contributed by atoms with van der Waals surface area (Å²) in [6.45, 7) is 3.40. The molecule has 8 nitrogen and oxygen atoms in total. The van der Waals surface area contributed by atoms with E-state index in [1.165, 1.54) is 19.2 Å². The molecular formula is C15H20N2O6. The Morgan fingerprint density at radius 2 is 1.96 bits per heavy atom. The summed E-state index contributed by atoms with van der Waals surface area (Å²) in [6, 6.07) is 3.67. The van der Waals surface area contributed by atoms with E-state index in [1.54, 1.807) is 13.8 Å². The number of non-ortho nitro benzene ring substituents is 1. The molecule has 0 aromatic heterocycles. The highest BCUT2D eigenvalue weighted by Crippen LogP contribution is 2.27. The normalized spacial score (nSPS) is 10.9. The van der Waals surface area contributed by atoms with Crippen LogP contribution in [0.2, 0.25) is 0 Å². The van der Waals surface area contributed by atoms with E-state index in [9.17, 15) is 24.8 Å². The average molecular weight is 324 g/mol. The van der Waals surface area contributed by atoms with Gasteiger partial charge in [-0.05, 0) is 18.9 Å². The molecule has 0 aliphatic carbocycles. The van der Waals surface area contributed by atoms with E-state index in [-0.39, 0.29) is 23.5 Å². The summed E-state index contributed by atoms with van der Waals surface area (Å²) >= 11 is 0. The van der Waals surface area contributed by atoms with Crippen molar-refractivity contribution in [2.24, 2.45) is 5.41 Å². The van der Waals surface area contributed by atoms with Gasteiger partial charge in [0.05, 0.1) is 23.0 Å². The predicted molar refractivity (Wildman–Crippen MR) is 82.6 cm³/mol. The Morgan fingerprint density at radius 3 is 2.39 bits per heavy atom. The van der Waals surface area contributed by atoms with Gasteiger partial charge in [-0.3, -0.25) is 19.7 Å². The average Bonchev–Trinajstić information content (AvgIpc) is 2.54. The minimum absolute atomic E-state index is 0.00630. The number of carboxylic acids is 1. The SMILES string of the molecule is CCC(CC)(CNC(=O)c1cc([N+](=O)[O-])ccc1OC)C(=O)O. The van der Waals surface area contributed by atoms with Crippen LogP contribution in [0.1, 0.15) is 37.0 Å². The third kappa shape index (κ3) is 3.97. The van der Waals surface area contributed by atoms with E-state index < -0.39 is 22.2 Å². The fourth-order valence-corrected chi connectivity index (χ4v) is 2.21. The fraction of sp³-hybridized carbons (Fsp3) is 0.467. The Hall–Kier alpha value is -2.64. The zero-order chi connectivity index (χ0) is 17.6. The number of nitrogens with one attached hydrogen (secondary N) is 1. The zero-order valence-electron chi connectivity index (χ0n) is 13.3. The van der Waals surface area contributed by atoms with Crippen LogP contribution in [0.25, 0.3) is 0 Å². The van der Waals surface area contributed by atoms with E-state index in [0.717, 1.165) is 6.07 Å². The van der Waals surface area contributed by atoms with Crippen LogP contribution in [0, 0.1) is 15.5 Å². The Labute approximate surface area is 133 Å². The van der Waals surface area contributed by atoms with Crippen LogP contribution in [-0.4, -0.2) is 35.6 Å². The molecule has 0 aliphatic heterocycles. The molecule has 1 aromatic carbocycles. The number of carboxylic acid groups (broad SMARTS) is 1. The molecule has 126 valence electrons. The summed E-state index contributed by atoms with van der Waals surface area (Å²) in [6.07, 6.45) is 0.705. The number of methoxy groups -OCH3 is 1. The molecule has 0 saturated carbocycles. The smallest absolute Gasteiger partial charge is 0.311 e. The fourth-order valence-electron chi connectivity index (χ4n) is 2.21. The molecule has 1 amide bonds. The molecule has 2 N–H and O–H groups in total. The van der Waals surface area contributed by atoms with Crippen LogP contribution in [-0.2, 0) is 4.79 Å². The first-order valence-electron chi connectivity index (χ1n) is 7.15. The number of aliphatic carboxylic acids is 1. The number of nitro groups is 1. The number of rotatable bonds is 8. The molecule has 0 bridgehead atoms. The summed E-state index contributed by atoms with van der Waals surface area (Å²) in [7, 11) is 1.34. The summed E-state index contributed by atoms with van der Waals surface area (Å²) < 4.78 is 5.03. The number of hydrogen-bond donors (Lipinski definition) is 2. The van der Waals surface area contributed by atoms with Gasteiger partial charge in [0.25, 0.3) is 11.6 Å². The predicted octanol–water partition coefficient (Wildman–Crippen LogP) is 2.22.